The molecule has 0 saturated carbocycles. The molecule has 0 aliphatic rings. The Balaban J connectivity index is 1.46. The fourth-order valence-corrected chi connectivity index (χ4v) is 3.02. The first-order chi connectivity index (χ1) is 11.6. The van der Waals surface area contributed by atoms with Gasteiger partial charge in [-0.15, -0.1) is 11.3 Å². The molecule has 0 unspecified atom stereocenters. The van der Waals surface area contributed by atoms with E-state index in [0.717, 1.165) is 15.5 Å². The van der Waals surface area contributed by atoms with Crippen molar-refractivity contribution in [3.63, 3.8) is 0 Å². The number of carbonyl (C=O) groups is 2. The molecular weight excluding hydrogens is 330 g/mol. The number of aryl methyl sites for hydroxylation is 1. The molecule has 3 rings (SSSR count). The van der Waals surface area contributed by atoms with E-state index in [9.17, 15) is 9.59 Å². The van der Waals surface area contributed by atoms with E-state index in [1.807, 2.05) is 24.3 Å². The van der Waals surface area contributed by atoms with Crippen LogP contribution in [0.5, 0.6) is 0 Å². The lowest BCUT2D eigenvalue weighted by molar-refractivity contribution is -0.136. The van der Waals surface area contributed by atoms with Crippen LogP contribution in [-0.2, 0) is 16.0 Å². The number of nitrogens with one attached hydrogen (secondary N) is 2. The summed E-state index contributed by atoms with van der Waals surface area (Å²) in [6.07, 6.45) is 2.26. The smallest absolute Gasteiger partial charge is 0.314 e. The zero-order chi connectivity index (χ0) is 16.9. The normalized spacial score (nSPS) is 10.5. The molecule has 0 aliphatic heterocycles. The van der Waals surface area contributed by atoms with Crippen LogP contribution >= 0.6 is 11.3 Å². The third-order valence-corrected chi connectivity index (χ3v) is 4.32. The maximum atomic E-state index is 11.7. The standard InChI is InChI=1S/C16H15N3O4S/c1-10-9-14(19-23-10)18-16(21)15(20)17-7-6-11-4-5-13(24-11)12-3-2-8-22-12/h2-5,8-9H,6-7H2,1H3,(H,17,20)(H,18,19,21). The zero-order valence-corrected chi connectivity index (χ0v) is 13.7. The highest BCUT2D eigenvalue weighted by atomic mass is 32.1. The minimum absolute atomic E-state index is 0.217. The molecule has 3 aromatic rings. The van der Waals surface area contributed by atoms with Crippen molar-refractivity contribution in [1.29, 1.82) is 0 Å². The molecule has 0 fully saturated rings. The van der Waals surface area contributed by atoms with Gasteiger partial charge in [0.1, 0.15) is 11.5 Å². The molecule has 3 heterocycles. The number of hydrogen-bond acceptors (Lipinski definition) is 6. The average Bonchev–Trinajstić information content (AvgIpc) is 3.28. The summed E-state index contributed by atoms with van der Waals surface area (Å²) in [6.45, 7) is 2.06. The summed E-state index contributed by atoms with van der Waals surface area (Å²) in [5.41, 5.74) is 0. The van der Waals surface area contributed by atoms with Gasteiger partial charge >= 0.3 is 11.8 Å². The molecule has 24 heavy (non-hydrogen) atoms. The molecule has 124 valence electrons. The quantitative estimate of drug-likeness (QED) is 0.693. The summed E-state index contributed by atoms with van der Waals surface area (Å²) < 4.78 is 10.2. The number of aromatic nitrogens is 1. The minimum Gasteiger partial charge on any atom is -0.464 e. The van der Waals surface area contributed by atoms with Crippen LogP contribution in [0.15, 0.2) is 45.5 Å². The Morgan fingerprint density at radius 2 is 2.12 bits per heavy atom. The van der Waals surface area contributed by atoms with Crippen molar-refractivity contribution in [2.45, 2.75) is 13.3 Å². The molecule has 2 amide bonds. The highest BCUT2D eigenvalue weighted by molar-refractivity contribution is 7.15. The third kappa shape index (κ3) is 3.90. The summed E-state index contributed by atoms with van der Waals surface area (Å²) in [7, 11) is 0. The molecule has 0 aromatic carbocycles. The van der Waals surface area contributed by atoms with E-state index in [1.165, 1.54) is 6.07 Å². The molecule has 3 aromatic heterocycles. The maximum absolute atomic E-state index is 11.7. The van der Waals surface area contributed by atoms with Gasteiger partial charge in [-0.05, 0) is 37.6 Å². The second-order valence-electron chi connectivity index (χ2n) is 5.03. The van der Waals surface area contributed by atoms with Gasteiger partial charge in [-0.25, -0.2) is 0 Å². The van der Waals surface area contributed by atoms with Crippen LogP contribution in [0, 0.1) is 6.92 Å². The van der Waals surface area contributed by atoms with Crippen LogP contribution < -0.4 is 10.6 Å². The van der Waals surface area contributed by atoms with Crippen LogP contribution in [0.3, 0.4) is 0 Å². The number of amides is 2. The van der Waals surface area contributed by atoms with E-state index in [2.05, 4.69) is 15.8 Å². The Morgan fingerprint density at radius 3 is 2.83 bits per heavy atom. The Hall–Kier alpha value is -2.87. The lowest BCUT2D eigenvalue weighted by atomic mass is 10.3. The maximum Gasteiger partial charge on any atom is 0.314 e. The van der Waals surface area contributed by atoms with E-state index in [1.54, 1.807) is 24.5 Å². The monoisotopic (exact) mass is 345 g/mol. The Labute approximate surface area is 141 Å². The Kier molecular flexibility index (Phi) is 4.76. The molecule has 0 radical (unpaired) electrons. The molecule has 0 spiro atoms. The van der Waals surface area contributed by atoms with E-state index in [-0.39, 0.29) is 5.82 Å². The van der Waals surface area contributed by atoms with Crippen molar-refractivity contribution in [3.05, 3.63) is 47.2 Å². The van der Waals surface area contributed by atoms with Gasteiger partial charge in [0.25, 0.3) is 0 Å². The first-order valence-electron chi connectivity index (χ1n) is 7.27. The number of carbonyl (C=O) groups excluding carboxylic acids is 2. The van der Waals surface area contributed by atoms with E-state index < -0.39 is 11.8 Å². The van der Waals surface area contributed by atoms with Crippen molar-refractivity contribution in [2.24, 2.45) is 0 Å². The van der Waals surface area contributed by atoms with Crippen molar-refractivity contribution < 1.29 is 18.5 Å². The molecule has 2 N–H and O–H groups in total. The van der Waals surface area contributed by atoms with Gasteiger partial charge in [0.2, 0.25) is 0 Å². The Bertz CT molecular complexity index is 835. The topological polar surface area (TPSA) is 97.4 Å². The summed E-state index contributed by atoms with van der Waals surface area (Å²) >= 11 is 1.59. The van der Waals surface area contributed by atoms with Gasteiger partial charge in [-0.2, -0.15) is 0 Å². The number of furan rings is 1. The fourth-order valence-electron chi connectivity index (χ4n) is 2.04. The molecule has 0 atom stereocenters. The lowest BCUT2D eigenvalue weighted by Gasteiger charge is -2.03. The second kappa shape index (κ2) is 7.14. The molecular formula is C16H15N3O4S. The third-order valence-electron chi connectivity index (χ3n) is 3.16. The highest BCUT2D eigenvalue weighted by Crippen LogP contribution is 2.28. The van der Waals surface area contributed by atoms with Crippen molar-refractivity contribution in [3.8, 4) is 10.6 Å². The minimum atomic E-state index is -0.772. The number of anilines is 1. The summed E-state index contributed by atoms with van der Waals surface area (Å²) in [4.78, 5) is 25.6. The van der Waals surface area contributed by atoms with E-state index >= 15 is 0 Å². The summed E-state index contributed by atoms with van der Waals surface area (Å²) in [5.74, 6) is 0.103. The molecule has 8 heteroatoms. The van der Waals surface area contributed by atoms with E-state index in [0.29, 0.717) is 18.7 Å². The fraction of sp³-hybridized carbons (Fsp3) is 0.188. The highest BCUT2D eigenvalue weighted by Gasteiger charge is 2.15. The first kappa shape index (κ1) is 16.0. The van der Waals surface area contributed by atoms with Gasteiger partial charge < -0.3 is 14.3 Å². The van der Waals surface area contributed by atoms with Gasteiger partial charge in [0.15, 0.2) is 5.82 Å². The second-order valence-corrected chi connectivity index (χ2v) is 6.19. The first-order valence-corrected chi connectivity index (χ1v) is 8.08. The van der Waals surface area contributed by atoms with E-state index in [4.69, 9.17) is 8.94 Å². The van der Waals surface area contributed by atoms with Gasteiger partial charge in [-0.1, -0.05) is 5.16 Å². The zero-order valence-electron chi connectivity index (χ0n) is 12.9. The number of thiophene rings is 1. The summed E-state index contributed by atoms with van der Waals surface area (Å²) in [5, 5.41) is 8.54. The summed E-state index contributed by atoms with van der Waals surface area (Å²) in [6, 6.07) is 9.22. The van der Waals surface area contributed by atoms with Gasteiger partial charge in [0, 0.05) is 17.5 Å². The number of rotatable bonds is 5. The lowest BCUT2D eigenvalue weighted by Crippen LogP contribution is -2.36. The van der Waals surface area contributed by atoms with Crippen LogP contribution in [0.25, 0.3) is 10.6 Å². The van der Waals surface area contributed by atoms with Gasteiger partial charge in [-0.3, -0.25) is 14.9 Å². The predicted octanol–water partition coefficient (Wildman–Crippen LogP) is 2.60. The largest absolute Gasteiger partial charge is 0.464 e. The molecule has 7 nitrogen and oxygen atoms in total. The SMILES string of the molecule is Cc1cc(NC(=O)C(=O)NCCc2ccc(-c3ccco3)s2)no1. The van der Waals surface area contributed by atoms with Crippen LogP contribution in [0.2, 0.25) is 0 Å². The van der Waals surface area contributed by atoms with Crippen molar-refractivity contribution >= 4 is 29.0 Å². The van der Waals surface area contributed by atoms with Crippen molar-refractivity contribution in [2.75, 3.05) is 11.9 Å². The van der Waals surface area contributed by atoms with Gasteiger partial charge in [0.05, 0.1) is 11.1 Å². The van der Waals surface area contributed by atoms with Crippen molar-refractivity contribution in [1.82, 2.24) is 10.5 Å². The molecule has 0 aliphatic carbocycles. The number of nitrogens with zero attached hydrogens (tertiary/aromatic N) is 1. The molecule has 0 bridgehead atoms. The predicted molar refractivity (Wildman–Crippen MR) is 88.6 cm³/mol. The van der Waals surface area contributed by atoms with Crippen LogP contribution in [-0.4, -0.2) is 23.5 Å². The molecule has 0 saturated heterocycles. The van der Waals surface area contributed by atoms with Crippen LogP contribution in [0.1, 0.15) is 10.6 Å². The average molecular weight is 345 g/mol. The Morgan fingerprint density at radius 1 is 1.25 bits per heavy atom. The number of hydrogen-bond donors (Lipinski definition) is 2. The van der Waals surface area contributed by atoms with Crippen LogP contribution in [0.4, 0.5) is 5.82 Å².